The first kappa shape index (κ1) is 11.7. The molecule has 0 radical (unpaired) electrons. The van der Waals surface area contributed by atoms with Crippen molar-refractivity contribution in [3.05, 3.63) is 40.9 Å². The van der Waals surface area contributed by atoms with Crippen molar-refractivity contribution < 1.29 is 14.7 Å². The highest BCUT2D eigenvalue weighted by atomic mass is 32.2. The van der Waals surface area contributed by atoms with Gasteiger partial charge in [-0.3, -0.25) is 14.9 Å². The number of nitrogens with one attached hydrogen (secondary N) is 1. The summed E-state index contributed by atoms with van der Waals surface area (Å²) in [6.07, 6.45) is 1.52. The Labute approximate surface area is 112 Å². The van der Waals surface area contributed by atoms with E-state index in [4.69, 9.17) is 0 Å². The highest BCUT2D eigenvalue weighted by molar-refractivity contribution is 8.18. The van der Waals surface area contributed by atoms with Gasteiger partial charge < -0.3 is 5.11 Å². The van der Waals surface area contributed by atoms with Crippen LogP contribution in [0.25, 0.3) is 17.0 Å². The van der Waals surface area contributed by atoms with Gasteiger partial charge in [-0.15, -0.1) is 0 Å². The largest absolute Gasteiger partial charge is 0.506 e. The first-order chi connectivity index (χ1) is 9.13. The summed E-state index contributed by atoms with van der Waals surface area (Å²) in [5.74, 6) is -0.341. The maximum Gasteiger partial charge on any atom is 0.290 e. The number of hydrogen-bond acceptors (Lipinski definition) is 5. The number of fused-ring (bicyclic) bond motifs is 1. The van der Waals surface area contributed by atoms with Gasteiger partial charge in [0.05, 0.1) is 10.6 Å². The van der Waals surface area contributed by atoms with Gasteiger partial charge >= 0.3 is 0 Å². The van der Waals surface area contributed by atoms with Gasteiger partial charge in [-0.25, -0.2) is 4.98 Å². The average Bonchev–Trinajstić information content (AvgIpc) is 2.69. The second-order valence-electron chi connectivity index (χ2n) is 3.94. The van der Waals surface area contributed by atoms with Crippen molar-refractivity contribution in [3.8, 4) is 5.75 Å². The lowest BCUT2D eigenvalue weighted by molar-refractivity contribution is -0.115. The highest BCUT2D eigenvalue weighted by Crippen LogP contribution is 2.27. The summed E-state index contributed by atoms with van der Waals surface area (Å²) in [6, 6.07) is 8.64. The number of para-hydroxylation sites is 1. The number of nitrogens with zero attached hydrogens (tertiary/aromatic N) is 1. The molecule has 1 fully saturated rings. The maximum absolute atomic E-state index is 11.4. The molecule has 0 saturated carbocycles. The summed E-state index contributed by atoms with van der Waals surface area (Å²) >= 11 is 0.837. The fourth-order valence-electron chi connectivity index (χ4n) is 1.78. The quantitative estimate of drug-likeness (QED) is 0.778. The van der Waals surface area contributed by atoms with E-state index in [1.165, 1.54) is 6.08 Å². The van der Waals surface area contributed by atoms with E-state index in [-0.39, 0.29) is 11.0 Å². The van der Waals surface area contributed by atoms with Gasteiger partial charge in [-0.1, -0.05) is 18.2 Å². The minimum absolute atomic E-state index is 0.0809. The van der Waals surface area contributed by atoms with Gasteiger partial charge in [0.1, 0.15) is 11.3 Å². The van der Waals surface area contributed by atoms with Gasteiger partial charge in [0.15, 0.2) is 0 Å². The Morgan fingerprint density at radius 3 is 2.79 bits per heavy atom. The zero-order chi connectivity index (χ0) is 13.4. The summed E-state index contributed by atoms with van der Waals surface area (Å²) in [5.41, 5.74) is 0.980. The molecule has 1 aliphatic heterocycles. The number of benzene rings is 1. The molecule has 2 heterocycles. The van der Waals surface area contributed by atoms with E-state index in [0.717, 1.165) is 17.1 Å². The molecule has 2 N–H and O–H groups in total. The fraction of sp³-hybridized carbons (Fsp3) is 0. The second-order valence-corrected chi connectivity index (χ2v) is 4.95. The standard InChI is InChI=1S/C13H8N2O3S/c16-9-3-1-2-7-4-5-8(14-11(7)9)6-10-12(17)15-13(18)19-10/h1-6,16H,(H,15,17,18)/b10-6+. The van der Waals surface area contributed by atoms with E-state index in [0.29, 0.717) is 16.1 Å². The Bertz CT molecular complexity index is 740. The number of thioether (sulfide) groups is 1. The van der Waals surface area contributed by atoms with E-state index < -0.39 is 5.91 Å². The Balaban J connectivity index is 2.07. The molecule has 2 aromatic rings. The molecule has 19 heavy (non-hydrogen) atoms. The normalized spacial score (nSPS) is 17.2. The summed E-state index contributed by atoms with van der Waals surface area (Å²) in [7, 11) is 0. The number of aromatic hydroxyl groups is 1. The topological polar surface area (TPSA) is 79.3 Å². The monoisotopic (exact) mass is 272 g/mol. The number of phenols is 1. The van der Waals surface area contributed by atoms with Gasteiger partial charge in [0.25, 0.3) is 11.1 Å². The number of imide groups is 1. The third-order valence-corrected chi connectivity index (χ3v) is 3.45. The number of hydrogen-bond donors (Lipinski definition) is 2. The van der Waals surface area contributed by atoms with Crippen molar-refractivity contribution in [2.45, 2.75) is 0 Å². The number of amides is 2. The molecule has 6 heteroatoms. The lowest BCUT2D eigenvalue weighted by atomic mass is 10.2. The lowest BCUT2D eigenvalue weighted by Gasteiger charge is -2.01. The van der Waals surface area contributed by atoms with Gasteiger partial charge in [0.2, 0.25) is 0 Å². The zero-order valence-corrected chi connectivity index (χ0v) is 10.4. The first-order valence-electron chi connectivity index (χ1n) is 5.47. The van der Waals surface area contributed by atoms with Gasteiger partial charge in [-0.2, -0.15) is 0 Å². The second kappa shape index (κ2) is 4.40. The SMILES string of the molecule is O=C1NC(=O)/C(=C\c2ccc3cccc(O)c3n2)S1. The van der Waals surface area contributed by atoms with Crippen LogP contribution in [0.5, 0.6) is 5.75 Å². The molecule has 0 aliphatic carbocycles. The van der Waals surface area contributed by atoms with Crippen LogP contribution in [0.4, 0.5) is 4.79 Å². The zero-order valence-electron chi connectivity index (χ0n) is 9.58. The molecular formula is C13H8N2O3S. The molecule has 1 aliphatic rings. The highest BCUT2D eigenvalue weighted by Gasteiger charge is 2.25. The third kappa shape index (κ3) is 2.17. The number of pyridine rings is 1. The molecular weight excluding hydrogens is 264 g/mol. The number of aromatic nitrogens is 1. The summed E-state index contributed by atoms with van der Waals surface area (Å²) < 4.78 is 0. The molecule has 1 aromatic carbocycles. The molecule has 1 aromatic heterocycles. The molecule has 94 valence electrons. The van der Waals surface area contributed by atoms with Crippen LogP contribution in [0.15, 0.2) is 35.2 Å². The van der Waals surface area contributed by atoms with Crippen LogP contribution in [0.2, 0.25) is 0 Å². The van der Waals surface area contributed by atoms with E-state index in [1.54, 1.807) is 24.3 Å². The third-order valence-electron chi connectivity index (χ3n) is 2.64. The predicted molar refractivity (Wildman–Crippen MR) is 72.5 cm³/mol. The minimum Gasteiger partial charge on any atom is -0.506 e. The Kier molecular flexibility index (Phi) is 2.72. The predicted octanol–water partition coefficient (Wildman–Crippen LogP) is 2.26. The molecule has 3 rings (SSSR count). The van der Waals surface area contributed by atoms with Crippen LogP contribution in [0.3, 0.4) is 0 Å². The van der Waals surface area contributed by atoms with Crippen molar-refractivity contribution in [1.82, 2.24) is 10.3 Å². The summed E-state index contributed by atoms with van der Waals surface area (Å²) in [5, 5.41) is 12.3. The van der Waals surface area contributed by atoms with Crippen LogP contribution in [0, 0.1) is 0 Å². The molecule has 0 spiro atoms. The minimum atomic E-state index is -0.422. The average molecular weight is 272 g/mol. The van der Waals surface area contributed by atoms with Crippen molar-refractivity contribution in [3.63, 3.8) is 0 Å². The number of phenolic OH excluding ortho intramolecular Hbond substituents is 1. The van der Waals surface area contributed by atoms with Gasteiger partial charge in [0, 0.05) is 5.39 Å². The van der Waals surface area contributed by atoms with Crippen LogP contribution in [-0.2, 0) is 4.79 Å². The van der Waals surface area contributed by atoms with E-state index >= 15 is 0 Å². The van der Waals surface area contributed by atoms with E-state index in [2.05, 4.69) is 10.3 Å². The summed E-state index contributed by atoms with van der Waals surface area (Å²) in [4.78, 5) is 27.0. The molecule has 0 bridgehead atoms. The molecule has 0 unspecified atom stereocenters. The smallest absolute Gasteiger partial charge is 0.290 e. The van der Waals surface area contributed by atoms with Crippen molar-refractivity contribution >= 4 is 39.9 Å². The molecule has 5 nitrogen and oxygen atoms in total. The van der Waals surface area contributed by atoms with Gasteiger partial charge in [-0.05, 0) is 30.0 Å². The maximum atomic E-state index is 11.4. The van der Waals surface area contributed by atoms with Crippen LogP contribution < -0.4 is 5.32 Å². The number of carbonyl (C=O) groups is 2. The van der Waals surface area contributed by atoms with E-state index in [1.807, 2.05) is 6.07 Å². The first-order valence-corrected chi connectivity index (χ1v) is 6.29. The van der Waals surface area contributed by atoms with Crippen LogP contribution in [0.1, 0.15) is 5.69 Å². The summed E-state index contributed by atoms with van der Waals surface area (Å²) in [6.45, 7) is 0. The number of carbonyl (C=O) groups excluding carboxylic acids is 2. The van der Waals surface area contributed by atoms with Crippen LogP contribution >= 0.6 is 11.8 Å². The Morgan fingerprint density at radius 2 is 2.05 bits per heavy atom. The van der Waals surface area contributed by atoms with Crippen molar-refractivity contribution in [1.29, 1.82) is 0 Å². The molecule has 2 amide bonds. The molecule has 1 saturated heterocycles. The van der Waals surface area contributed by atoms with Crippen molar-refractivity contribution in [2.75, 3.05) is 0 Å². The van der Waals surface area contributed by atoms with Crippen molar-refractivity contribution in [2.24, 2.45) is 0 Å². The fourth-order valence-corrected chi connectivity index (χ4v) is 2.45. The lowest BCUT2D eigenvalue weighted by Crippen LogP contribution is -2.17. The molecule has 0 atom stereocenters. The Hall–Kier alpha value is -2.34. The Morgan fingerprint density at radius 1 is 1.21 bits per heavy atom. The van der Waals surface area contributed by atoms with E-state index in [9.17, 15) is 14.7 Å². The number of rotatable bonds is 1. The van der Waals surface area contributed by atoms with Crippen LogP contribution in [-0.4, -0.2) is 21.2 Å².